The molecule has 0 aliphatic carbocycles. The average molecular weight is 288 g/mol. The summed E-state index contributed by atoms with van der Waals surface area (Å²) in [6, 6.07) is 1.39. The molecule has 90 valence electrons. The molecule has 0 aliphatic heterocycles. The second kappa shape index (κ2) is 5.31. The number of aryl methyl sites for hydroxylation is 1. The van der Waals surface area contributed by atoms with Crippen LogP contribution in [0.4, 0.5) is 0 Å². The van der Waals surface area contributed by atoms with E-state index < -0.39 is 0 Å². The van der Waals surface area contributed by atoms with Crippen LogP contribution in [0.2, 0.25) is 10.0 Å². The van der Waals surface area contributed by atoms with Crippen molar-refractivity contribution >= 4 is 34.5 Å². The number of aromatic nitrogens is 2. The van der Waals surface area contributed by atoms with Gasteiger partial charge in [-0.1, -0.05) is 23.2 Å². The maximum atomic E-state index is 6.06. The summed E-state index contributed by atoms with van der Waals surface area (Å²) < 4.78 is 0. The second-order valence-electron chi connectivity index (χ2n) is 3.69. The fourth-order valence-corrected chi connectivity index (χ4v) is 2.67. The van der Waals surface area contributed by atoms with E-state index in [0.29, 0.717) is 22.2 Å². The Bertz CT molecular complexity index is 527. The Hall–Kier alpha value is -0.680. The number of nitrogens with zero attached hydrogens (tertiary/aromatic N) is 2. The largest absolute Gasteiger partial charge is 0.322 e. The van der Waals surface area contributed by atoms with Gasteiger partial charge in [-0.2, -0.15) is 0 Å². The normalized spacial score (nSPS) is 12.7. The van der Waals surface area contributed by atoms with Gasteiger partial charge in [0, 0.05) is 18.0 Å². The number of thiazole rings is 1. The van der Waals surface area contributed by atoms with Gasteiger partial charge < -0.3 is 5.73 Å². The molecule has 0 radical (unpaired) electrons. The van der Waals surface area contributed by atoms with Crippen molar-refractivity contribution in [1.29, 1.82) is 0 Å². The van der Waals surface area contributed by atoms with Crippen molar-refractivity contribution in [3.05, 3.63) is 44.1 Å². The molecule has 0 aromatic carbocycles. The highest BCUT2D eigenvalue weighted by Crippen LogP contribution is 2.25. The van der Waals surface area contributed by atoms with Crippen LogP contribution in [-0.4, -0.2) is 9.97 Å². The number of nitrogens with two attached hydrogens (primary N) is 1. The monoisotopic (exact) mass is 287 g/mol. The fourth-order valence-electron chi connectivity index (χ4n) is 1.52. The summed E-state index contributed by atoms with van der Waals surface area (Å²) in [5, 5.41) is 4.04. The highest BCUT2D eigenvalue weighted by Gasteiger charge is 2.14. The van der Waals surface area contributed by atoms with Gasteiger partial charge in [0.15, 0.2) is 0 Å². The molecule has 0 saturated carbocycles. The van der Waals surface area contributed by atoms with Gasteiger partial charge in [0.1, 0.15) is 0 Å². The zero-order valence-electron chi connectivity index (χ0n) is 9.15. The van der Waals surface area contributed by atoms with Gasteiger partial charge in [-0.15, -0.1) is 11.3 Å². The Labute approximate surface area is 114 Å². The van der Waals surface area contributed by atoms with E-state index in [1.165, 1.54) is 0 Å². The fraction of sp³-hybridized carbons (Fsp3) is 0.273. The number of hydrogen-bond donors (Lipinski definition) is 1. The number of hydrogen-bond acceptors (Lipinski definition) is 4. The topological polar surface area (TPSA) is 51.8 Å². The summed E-state index contributed by atoms with van der Waals surface area (Å²) >= 11 is 13.4. The van der Waals surface area contributed by atoms with E-state index in [2.05, 4.69) is 9.97 Å². The lowest BCUT2D eigenvalue weighted by atomic mass is 10.1. The van der Waals surface area contributed by atoms with Gasteiger partial charge in [0.2, 0.25) is 0 Å². The van der Waals surface area contributed by atoms with Crippen LogP contribution in [0.25, 0.3) is 0 Å². The minimum atomic E-state index is -0.263. The van der Waals surface area contributed by atoms with Crippen LogP contribution in [0.1, 0.15) is 22.4 Å². The molecule has 2 aromatic heterocycles. The predicted octanol–water partition coefficient (Wildman–Crippen LogP) is 3.40. The Balaban J connectivity index is 2.17. The smallest absolute Gasteiger partial charge is 0.0897 e. The van der Waals surface area contributed by atoms with Crippen LogP contribution in [0, 0.1) is 6.92 Å². The first-order valence-corrected chi connectivity index (χ1v) is 6.67. The molecule has 17 heavy (non-hydrogen) atoms. The first-order chi connectivity index (χ1) is 8.06. The molecule has 1 unspecified atom stereocenters. The van der Waals surface area contributed by atoms with E-state index in [9.17, 15) is 0 Å². The second-order valence-corrected chi connectivity index (χ2v) is 5.59. The lowest BCUT2D eigenvalue weighted by Gasteiger charge is -2.11. The molecule has 0 bridgehead atoms. The molecule has 2 rings (SSSR count). The van der Waals surface area contributed by atoms with Crippen molar-refractivity contribution in [2.75, 3.05) is 0 Å². The third-order valence-corrected chi connectivity index (χ3v) is 3.61. The quantitative estimate of drug-likeness (QED) is 0.941. The van der Waals surface area contributed by atoms with E-state index in [1.54, 1.807) is 23.6 Å². The molecule has 6 heteroatoms. The van der Waals surface area contributed by atoms with E-state index >= 15 is 0 Å². The molecular formula is C11H11Cl2N3S. The Morgan fingerprint density at radius 3 is 2.82 bits per heavy atom. The molecule has 0 fully saturated rings. The van der Waals surface area contributed by atoms with Crippen LogP contribution in [0.15, 0.2) is 17.6 Å². The predicted molar refractivity (Wildman–Crippen MR) is 71.7 cm³/mol. The van der Waals surface area contributed by atoms with E-state index in [0.717, 1.165) is 10.7 Å². The number of rotatable bonds is 3. The summed E-state index contributed by atoms with van der Waals surface area (Å²) in [5.74, 6) is 0. The van der Waals surface area contributed by atoms with E-state index in [1.807, 2.05) is 12.3 Å². The maximum Gasteiger partial charge on any atom is 0.0897 e. The van der Waals surface area contributed by atoms with Gasteiger partial charge >= 0.3 is 0 Å². The van der Waals surface area contributed by atoms with E-state index in [-0.39, 0.29) is 6.04 Å². The van der Waals surface area contributed by atoms with Crippen LogP contribution in [0.3, 0.4) is 0 Å². The van der Waals surface area contributed by atoms with Crippen LogP contribution < -0.4 is 5.73 Å². The molecule has 2 N–H and O–H groups in total. The summed E-state index contributed by atoms with van der Waals surface area (Å²) in [6.45, 7) is 1.97. The molecule has 2 heterocycles. The molecule has 2 aromatic rings. The summed E-state index contributed by atoms with van der Waals surface area (Å²) in [7, 11) is 0. The SMILES string of the molecule is Cc1nc(CC(N)c2ncc(Cl)cc2Cl)cs1. The first-order valence-electron chi connectivity index (χ1n) is 5.04. The lowest BCUT2D eigenvalue weighted by molar-refractivity contribution is 0.686. The molecule has 1 atom stereocenters. The zero-order chi connectivity index (χ0) is 12.4. The first kappa shape index (κ1) is 12.8. The molecule has 3 nitrogen and oxygen atoms in total. The Morgan fingerprint density at radius 2 is 2.24 bits per heavy atom. The third kappa shape index (κ3) is 3.16. The van der Waals surface area contributed by atoms with Crippen molar-refractivity contribution < 1.29 is 0 Å². The highest BCUT2D eigenvalue weighted by molar-refractivity contribution is 7.09. The third-order valence-electron chi connectivity index (χ3n) is 2.28. The van der Waals surface area contributed by atoms with Crippen LogP contribution in [0.5, 0.6) is 0 Å². The van der Waals surface area contributed by atoms with Crippen LogP contribution >= 0.6 is 34.5 Å². The highest BCUT2D eigenvalue weighted by atomic mass is 35.5. The summed E-state index contributed by atoms with van der Waals surface area (Å²) in [5.41, 5.74) is 7.68. The minimum Gasteiger partial charge on any atom is -0.322 e. The van der Waals surface area contributed by atoms with Crippen molar-refractivity contribution in [3.63, 3.8) is 0 Å². The molecule has 0 amide bonds. The van der Waals surface area contributed by atoms with Crippen molar-refractivity contribution in [2.24, 2.45) is 5.73 Å². The van der Waals surface area contributed by atoms with Crippen molar-refractivity contribution in [3.8, 4) is 0 Å². The Morgan fingerprint density at radius 1 is 1.47 bits per heavy atom. The maximum absolute atomic E-state index is 6.06. The van der Waals surface area contributed by atoms with Gasteiger partial charge in [-0.05, 0) is 13.0 Å². The summed E-state index contributed by atoms with van der Waals surface area (Å²) in [4.78, 5) is 8.53. The summed E-state index contributed by atoms with van der Waals surface area (Å²) in [6.07, 6.45) is 2.17. The van der Waals surface area contributed by atoms with Gasteiger partial charge in [-0.3, -0.25) is 4.98 Å². The molecular weight excluding hydrogens is 277 g/mol. The Kier molecular flexibility index (Phi) is 3.99. The molecule has 0 spiro atoms. The molecule has 0 saturated heterocycles. The minimum absolute atomic E-state index is 0.263. The number of halogens is 2. The van der Waals surface area contributed by atoms with E-state index in [4.69, 9.17) is 28.9 Å². The van der Waals surface area contributed by atoms with Gasteiger partial charge in [-0.25, -0.2) is 4.98 Å². The van der Waals surface area contributed by atoms with Crippen molar-refractivity contribution in [1.82, 2.24) is 9.97 Å². The molecule has 0 aliphatic rings. The van der Waals surface area contributed by atoms with Gasteiger partial charge in [0.05, 0.1) is 32.5 Å². The standard InChI is InChI=1S/C11H11Cl2N3S/c1-6-16-8(5-17-6)3-10(14)11-9(13)2-7(12)4-15-11/h2,4-5,10H,3,14H2,1H3. The van der Waals surface area contributed by atoms with Gasteiger partial charge in [0.25, 0.3) is 0 Å². The van der Waals surface area contributed by atoms with Crippen molar-refractivity contribution in [2.45, 2.75) is 19.4 Å². The lowest BCUT2D eigenvalue weighted by Crippen LogP contribution is -2.15. The average Bonchev–Trinajstić information content (AvgIpc) is 2.63. The number of pyridine rings is 1. The van der Waals surface area contributed by atoms with Crippen LogP contribution in [-0.2, 0) is 6.42 Å². The zero-order valence-corrected chi connectivity index (χ0v) is 11.5.